The van der Waals surface area contributed by atoms with Gasteiger partial charge in [0.15, 0.2) is 0 Å². The van der Waals surface area contributed by atoms with Gasteiger partial charge in [-0.3, -0.25) is 0 Å². The van der Waals surface area contributed by atoms with Crippen molar-refractivity contribution in [3.8, 4) is 0 Å². The summed E-state index contributed by atoms with van der Waals surface area (Å²) in [6.07, 6.45) is 3.51. The predicted octanol–water partition coefficient (Wildman–Crippen LogP) is 2.00. The molecule has 0 unspecified atom stereocenters. The molecular weight excluding hydrogens is 204 g/mol. The molecule has 16 heavy (non-hydrogen) atoms. The van der Waals surface area contributed by atoms with E-state index in [0.717, 1.165) is 38.9 Å². The zero-order chi connectivity index (χ0) is 12.0. The van der Waals surface area contributed by atoms with Crippen LogP contribution in [0.2, 0.25) is 0 Å². The second-order valence-corrected chi connectivity index (χ2v) is 4.60. The number of nitrogens with one attached hydrogen (secondary N) is 1. The van der Waals surface area contributed by atoms with E-state index in [0.29, 0.717) is 6.10 Å². The number of likely N-dealkylation sites (tertiary alicyclic amines) is 1. The highest BCUT2D eigenvalue weighted by atomic mass is 16.5. The molecule has 94 valence electrons. The monoisotopic (exact) mass is 228 g/mol. The molecule has 0 aromatic heterocycles. The molecule has 1 heterocycles. The Morgan fingerprint density at radius 3 is 2.56 bits per heavy atom. The molecule has 0 atom stereocenters. The van der Waals surface area contributed by atoms with Crippen LogP contribution in [-0.4, -0.2) is 42.8 Å². The number of ether oxygens (including phenoxy) is 1. The van der Waals surface area contributed by atoms with E-state index in [9.17, 15) is 4.79 Å². The summed E-state index contributed by atoms with van der Waals surface area (Å²) in [5.41, 5.74) is 0. The van der Waals surface area contributed by atoms with Gasteiger partial charge in [0, 0.05) is 19.6 Å². The molecule has 4 heteroatoms. The first-order chi connectivity index (χ1) is 7.63. The molecule has 0 saturated carbocycles. The van der Waals surface area contributed by atoms with E-state index in [-0.39, 0.29) is 12.1 Å². The van der Waals surface area contributed by atoms with Crippen LogP contribution in [0.4, 0.5) is 4.79 Å². The van der Waals surface area contributed by atoms with Crippen molar-refractivity contribution in [1.29, 1.82) is 0 Å². The number of hydrogen-bond acceptors (Lipinski definition) is 2. The Bertz CT molecular complexity index is 211. The van der Waals surface area contributed by atoms with Gasteiger partial charge in [-0.2, -0.15) is 0 Å². The normalized spacial score (nSPS) is 17.9. The number of nitrogens with zero attached hydrogens (tertiary/aromatic N) is 1. The Kier molecular flexibility index (Phi) is 5.60. The van der Waals surface area contributed by atoms with E-state index >= 15 is 0 Å². The van der Waals surface area contributed by atoms with Crippen LogP contribution in [0, 0.1) is 0 Å². The second kappa shape index (κ2) is 6.74. The van der Waals surface area contributed by atoms with Crippen molar-refractivity contribution >= 4 is 6.03 Å². The van der Waals surface area contributed by atoms with Crippen molar-refractivity contribution in [1.82, 2.24) is 10.2 Å². The van der Waals surface area contributed by atoms with Gasteiger partial charge >= 0.3 is 6.03 Å². The fourth-order valence-electron chi connectivity index (χ4n) is 1.92. The molecule has 1 rings (SSSR count). The van der Waals surface area contributed by atoms with Gasteiger partial charge in [-0.25, -0.2) is 4.79 Å². The SMILES string of the molecule is CCCNC(=O)N1CCC(OC(C)C)CC1. The van der Waals surface area contributed by atoms with Crippen LogP contribution < -0.4 is 5.32 Å². The predicted molar refractivity (Wildman–Crippen MR) is 64.5 cm³/mol. The maximum absolute atomic E-state index is 11.7. The summed E-state index contributed by atoms with van der Waals surface area (Å²) in [6, 6.07) is 0.0739. The number of rotatable bonds is 4. The van der Waals surface area contributed by atoms with E-state index in [1.54, 1.807) is 0 Å². The van der Waals surface area contributed by atoms with Crippen molar-refractivity contribution in [3.63, 3.8) is 0 Å². The van der Waals surface area contributed by atoms with Gasteiger partial charge in [0.05, 0.1) is 12.2 Å². The minimum absolute atomic E-state index is 0.0739. The maximum atomic E-state index is 11.7. The Balaban J connectivity index is 2.23. The highest BCUT2D eigenvalue weighted by Crippen LogP contribution is 2.15. The quantitative estimate of drug-likeness (QED) is 0.799. The highest BCUT2D eigenvalue weighted by Gasteiger charge is 2.23. The van der Waals surface area contributed by atoms with Crippen LogP contribution in [0.1, 0.15) is 40.0 Å². The molecule has 0 aromatic rings. The van der Waals surface area contributed by atoms with E-state index < -0.39 is 0 Å². The first kappa shape index (κ1) is 13.3. The first-order valence-corrected chi connectivity index (χ1v) is 6.31. The van der Waals surface area contributed by atoms with Crippen LogP contribution in [-0.2, 0) is 4.74 Å². The third kappa shape index (κ3) is 4.39. The lowest BCUT2D eigenvalue weighted by molar-refractivity contribution is -0.0210. The Hall–Kier alpha value is -0.770. The topological polar surface area (TPSA) is 41.6 Å². The number of hydrogen-bond donors (Lipinski definition) is 1. The third-order valence-corrected chi connectivity index (χ3v) is 2.72. The van der Waals surface area contributed by atoms with Crippen LogP contribution in [0.5, 0.6) is 0 Å². The summed E-state index contributed by atoms with van der Waals surface area (Å²) in [4.78, 5) is 13.5. The molecule has 1 aliphatic rings. The summed E-state index contributed by atoms with van der Waals surface area (Å²) in [5.74, 6) is 0. The number of amides is 2. The lowest BCUT2D eigenvalue weighted by Gasteiger charge is -2.32. The molecule has 0 radical (unpaired) electrons. The molecule has 4 nitrogen and oxygen atoms in total. The van der Waals surface area contributed by atoms with Gasteiger partial charge in [-0.05, 0) is 33.1 Å². The van der Waals surface area contributed by atoms with E-state index in [1.165, 1.54) is 0 Å². The number of piperidine rings is 1. The highest BCUT2D eigenvalue weighted by molar-refractivity contribution is 5.74. The summed E-state index contributed by atoms with van der Waals surface area (Å²) in [5, 5.41) is 2.90. The minimum Gasteiger partial charge on any atom is -0.375 e. The molecule has 1 N–H and O–H groups in total. The largest absolute Gasteiger partial charge is 0.375 e. The Labute approximate surface area is 98.3 Å². The fraction of sp³-hybridized carbons (Fsp3) is 0.917. The zero-order valence-corrected chi connectivity index (χ0v) is 10.7. The van der Waals surface area contributed by atoms with Gasteiger partial charge in [-0.1, -0.05) is 6.92 Å². The van der Waals surface area contributed by atoms with Gasteiger partial charge in [0.25, 0.3) is 0 Å². The molecule has 0 spiro atoms. The molecule has 1 fully saturated rings. The smallest absolute Gasteiger partial charge is 0.317 e. The lowest BCUT2D eigenvalue weighted by atomic mass is 10.1. The van der Waals surface area contributed by atoms with Gasteiger partial charge in [-0.15, -0.1) is 0 Å². The van der Waals surface area contributed by atoms with Crippen molar-refractivity contribution in [2.75, 3.05) is 19.6 Å². The number of carbonyl (C=O) groups excluding carboxylic acids is 1. The summed E-state index contributed by atoms with van der Waals surface area (Å²) in [6.45, 7) is 8.56. The maximum Gasteiger partial charge on any atom is 0.317 e. The van der Waals surface area contributed by atoms with Gasteiger partial charge in [0.1, 0.15) is 0 Å². The average molecular weight is 228 g/mol. The van der Waals surface area contributed by atoms with Crippen molar-refractivity contribution < 1.29 is 9.53 Å². The first-order valence-electron chi connectivity index (χ1n) is 6.31. The average Bonchev–Trinajstić information content (AvgIpc) is 2.26. The standard InChI is InChI=1S/C12H24N2O2/c1-4-7-13-12(15)14-8-5-11(6-9-14)16-10(2)3/h10-11H,4-9H2,1-3H3,(H,13,15). The second-order valence-electron chi connectivity index (χ2n) is 4.60. The fourth-order valence-corrected chi connectivity index (χ4v) is 1.92. The molecule has 0 bridgehead atoms. The third-order valence-electron chi connectivity index (χ3n) is 2.72. The molecule has 0 aliphatic carbocycles. The van der Waals surface area contributed by atoms with Crippen molar-refractivity contribution in [3.05, 3.63) is 0 Å². The van der Waals surface area contributed by atoms with Crippen molar-refractivity contribution in [2.24, 2.45) is 0 Å². The van der Waals surface area contributed by atoms with Crippen LogP contribution >= 0.6 is 0 Å². The Morgan fingerprint density at radius 1 is 1.44 bits per heavy atom. The van der Waals surface area contributed by atoms with Gasteiger partial charge < -0.3 is 15.0 Å². The van der Waals surface area contributed by atoms with Crippen LogP contribution in [0.15, 0.2) is 0 Å². The summed E-state index contributed by atoms with van der Waals surface area (Å²) in [7, 11) is 0. The lowest BCUT2D eigenvalue weighted by Crippen LogP contribution is -2.46. The Morgan fingerprint density at radius 2 is 2.06 bits per heavy atom. The molecule has 2 amide bonds. The van der Waals surface area contributed by atoms with Crippen LogP contribution in [0.25, 0.3) is 0 Å². The molecule has 0 aromatic carbocycles. The van der Waals surface area contributed by atoms with Gasteiger partial charge in [0.2, 0.25) is 0 Å². The summed E-state index contributed by atoms with van der Waals surface area (Å²) < 4.78 is 5.74. The molecule has 1 saturated heterocycles. The van der Waals surface area contributed by atoms with E-state index in [2.05, 4.69) is 26.1 Å². The van der Waals surface area contributed by atoms with Crippen molar-refractivity contribution in [2.45, 2.75) is 52.2 Å². The summed E-state index contributed by atoms with van der Waals surface area (Å²) >= 11 is 0. The number of carbonyl (C=O) groups is 1. The van der Waals surface area contributed by atoms with E-state index in [4.69, 9.17) is 4.74 Å². The molecular formula is C12H24N2O2. The van der Waals surface area contributed by atoms with E-state index in [1.807, 2.05) is 4.90 Å². The van der Waals surface area contributed by atoms with Crippen LogP contribution in [0.3, 0.4) is 0 Å². The number of urea groups is 1. The molecule has 1 aliphatic heterocycles. The minimum atomic E-state index is 0.0739. The zero-order valence-electron chi connectivity index (χ0n) is 10.7.